The van der Waals surface area contributed by atoms with Crippen LogP contribution in [0, 0.1) is 35.5 Å². The van der Waals surface area contributed by atoms with Gasteiger partial charge in [0.15, 0.2) is 0 Å². The van der Waals surface area contributed by atoms with Gasteiger partial charge in [-0.15, -0.1) is 0 Å². The van der Waals surface area contributed by atoms with Crippen LogP contribution in [-0.4, -0.2) is 30.0 Å². The van der Waals surface area contributed by atoms with Gasteiger partial charge in [-0.2, -0.15) is 0 Å². The van der Waals surface area contributed by atoms with Crippen molar-refractivity contribution < 1.29 is 14.6 Å². The SMILES string of the molecule is CC#CC#CC#C/C=C1\OC[C@H](O)[C@@H]2O[C@H]12. The van der Waals surface area contributed by atoms with Gasteiger partial charge in [-0.3, -0.25) is 0 Å². The molecule has 0 aromatic heterocycles. The highest BCUT2D eigenvalue weighted by Gasteiger charge is 2.51. The zero-order valence-electron chi connectivity index (χ0n) is 8.78. The summed E-state index contributed by atoms with van der Waals surface area (Å²) < 4.78 is 10.5. The average Bonchev–Trinajstić information content (AvgIpc) is 3.07. The highest BCUT2D eigenvalue weighted by atomic mass is 16.6. The first-order valence-corrected chi connectivity index (χ1v) is 4.91. The van der Waals surface area contributed by atoms with Crippen LogP contribution in [0.3, 0.4) is 0 Å². The summed E-state index contributed by atoms with van der Waals surface area (Å²) in [5.74, 6) is 16.4. The van der Waals surface area contributed by atoms with Crippen LogP contribution in [0.4, 0.5) is 0 Å². The van der Waals surface area contributed by atoms with Gasteiger partial charge in [-0.05, 0) is 30.6 Å². The van der Waals surface area contributed by atoms with E-state index in [0.717, 1.165) is 0 Å². The van der Waals surface area contributed by atoms with Gasteiger partial charge in [0.05, 0.1) is 0 Å². The molecule has 2 rings (SSSR count). The number of ether oxygens (including phenoxy) is 2. The van der Waals surface area contributed by atoms with Crippen LogP contribution in [0.25, 0.3) is 0 Å². The van der Waals surface area contributed by atoms with Crippen molar-refractivity contribution in [3.05, 3.63) is 11.8 Å². The third kappa shape index (κ3) is 2.38. The van der Waals surface area contributed by atoms with Crippen molar-refractivity contribution in [2.45, 2.75) is 25.2 Å². The van der Waals surface area contributed by atoms with Crippen LogP contribution in [0.1, 0.15) is 6.92 Å². The summed E-state index contributed by atoms with van der Waals surface area (Å²) in [5, 5.41) is 9.36. The van der Waals surface area contributed by atoms with Crippen molar-refractivity contribution in [2.24, 2.45) is 0 Å². The summed E-state index contributed by atoms with van der Waals surface area (Å²) in [7, 11) is 0. The molecule has 3 nitrogen and oxygen atoms in total. The molecule has 2 saturated heterocycles. The molecule has 0 unspecified atom stereocenters. The third-order valence-corrected chi connectivity index (χ3v) is 2.21. The predicted molar refractivity (Wildman–Crippen MR) is 57.7 cm³/mol. The van der Waals surface area contributed by atoms with Crippen LogP contribution in [-0.2, 0) is 9.47 Å². The van der Waals surface area contributed by atoms with Crippen molar-refractivity contribution in [3.63, 3.8) is 0 Å². The summed E-state index contributed by atoms with van der Waals surface area (Å²) >= 11 is 0. The molecule has 1 N–H and O–H groups in total. The van der Waals surface area contributed by atoms with Gasteiger partial charge in [0.2, 0.25) is 0 Å². The Bertz CT molecular complexity index is 484. The van der Waals surface area contributed by atoms with Crippen LogP contribution in [0.2, 0.25) is 0 Å². The molecule has 0 amide bonds. The summed E-state index contributed by atoms with van der Waals surface area (Å²) in [6, 6.07) is 0. The standard InChI is InChI=1S/C13H10O3/c1-2-3-4-5-6-7-8-11-13-12(16-13)10(14)9-15-11/h8,10,12-14H,9H2,1H3/b11-8-/t10-,12-,13+/m0/s1. The fraction of sp³-hybridized carbons (Fsp3) is 0.385. The number of aliphatic hydroxyl groups excluding tert-OH is 1. The van der Waals surface area contributed by atoms with Crippen molar-refractivity contribution in [2.75, 3.05) is 6.61 Å². The maximum atomic E-state index is 9.36. The molecular weight excluding hydrogens is 204 g/mol. The lowest BCUT2D eigenvalue weighted by Crippen LogP contribution is -2.29. The topological polar surface area (TPSA) is 42.0 Å². The van der Waals surface area contributed by atoms with Gasteiger partial charge in [-0.1, -0.05) is 11.8 Å². The quantitative estimate of drug-likeness (QED) is 0.458. The highest BCUT2D eigenvalue weighted by molar-refractivity contribution is 5.38. The lowest BCUT2D eigenvalue weighted by molar-refractivity contribution is 0.0445. The minimum atomic E-state index is -0.519. The van der Waals surface area contributed by atoms with Crippen molar-refractivity contribution in [3.8, 4) is 35.5 Å². The Morgan fingerprint density at radius 3 is 2.94 bits per heavy atom. The maximum absolute atomic E-state index is 9.36. The van der Waals surface area contributed by atoms with E-state index in [9.17, 15) is 5.11 Å². The predicted octanol–water partition coefficient (Wildman–Crippen LogP) is 0.0589. The second-order valence-electron chi connectivity index (χ2n) is 3.34. The monoisotopic (exact) mass is 214 g/mol. The molecule has 0 bridgehead atoms. The lowest BCUT2D eigenvalue weighted by Gasteiger charge is -2.15. The Hall–Kier alpha value is -1.86. The Balaban J connectivity index is 1.94. The summed E-state index contributed by atoms with van der Waals surface area (Å²) in [5.41, 5.74) is 0. The lowest BCUT2D eigenvalue weighted by atomic mass is 10.1. The Morgan fingerprint density at radius 2 is 2.12 bits per heavy atom. The van der Waals surface area contributed by atoms with E-state index >= 15 is 0 Å². The highest BCUT2D eigenvalue weighted by Crippen LogP contribution is 2.36. The van der Waals surface area contributed by atoms with E-state index in [4.69, 9.17) is 9.47 Å². The van der Waals surface area contributed by atoms with Gasteiger partial charge in [0.25, 0.3) is 0 Å². The first-order chi connectivity index (χ1) is 7.83. The van der Waals surface area contributed by atoms with E-state index in [1.807, 2.05) is 0 Å². The zero-order chi connectivity index (χ0) is 11.4. The number of epoxide rings is 1. The van der Waals surface area contributed by atoms with Gasteiger partial charge in [0.1, 0.15) is 30.7 Å². The Kier molecular flexibility index (Phi) is 3.18. The average molecular weight is 214 g/mol. The molecule has 0 aromatic carbocycles. The van der Waals surface area contributed by atoms with Crippen molar-refractivity contribution in [1.82, 2.24) is 0 Å². The smallest absolute Gasteiger partial charge is 0.145 e. The van der Waals surface area contributed by atoms with E-state index in [1.165, 1.54) is 0 Å². The minimum Gasteiger partial charge on any atom is -0.492 e. The fourth-order valence-electron chi connectivity index (χ4n) is 1.40. The van der Waals surface area contributed by atoms with Gasteiger partial charge < -0.3 is 14.6 Å². The molecular formula is C13H10O3. The van der Waals surface area contributed by atoms with Gasteiger partial charge >= 0.3 is 0 Å². The first-order valence-electron chi connectivity index (χ1n) is 4.91. The molecule has 80 valence electrons. The van der Waals surface area contributed by atoms with Crippen LogP contribution >= 0.6 is 0 Å². The molecule has 16 heavy (non-hydrogen) atoms. The molecule has 0 radical (unpaired) electrons. The minimum absolute atomic E-state index is 0.112. The van der Waals surface area contributed by atoms with Crippen LogP contribution in [0.15, 0.2) is 11.8 Å². The molecule has 0 spiro atoms. The molecule has 0 aliphatic carbocycles. The van der Waals surface area contributed by atoms with E-state index in [1.54, 1.807) is 13.0 Å². The van der Waals surface area contributed by atoms with Crippen molar-refractivity contribution in [1.29, 1.82) is 0 Å². The maximum Gasteiger partial charge on any atom is 0.145 e. The number of allylic oxidation sites excluding steroid dienone is 1. The van der Waals surface area contributed by atoms with Crippen molar-refractivity contribution >= 4 is 0 Å². The van der Waals surface area contributed by atoms with Gasteiger partial charge in [-0.25, -0.2) is 0 Å². The molecule has 3 atom stereocenters. The normalized spacial score (nSPS) is 31.6. The Morgan fingerprint density at radius 1 is 1.31 bits per heavy atom. The number of fused-ring (bicyclic) bond motifs is 1. The summed E-state index contributed by atoms with van der Waals surface area (Å²) in [6.45, 7) is 1.98. The summed E-state index contributed by atoms with van der Waals surface area (Å²) in [6.07, 6.45) is 0.875. The Labute approximate surface area is 94.4 Å². The zero-order valence-corrected chi connectivity index (χ0v) is 8.78. The molecule has 3 heteroatoms. The van der Waals surface area contributed by atoms with Crippen LogP contribution in [0.5, 0.6) is 0 Å². The van der Waals surface area contributed by atoms with E-state index in [2.05, 4.69) is 35.5 Å². The molecule has 0 saturated carbocycles. The van der Waals surface area contributed by atoms with E-state index < -0.39 is 6.10 Å². The molecule has 0 aromatic rings. The number of rotatable bonds is 0. The van der Waals surface area contributed by atoms with E-state index in [-0.39, 0.29) is 18.8 Å². The van der Waals surface area contributed by atoms with Crippen LogP contribution < -0.4 is 0 Å². The number of aliphatic hydroxyl groups is 1. The number of hydrogen-bond donors (Lipinski definition) is 1. The second-order valence-corrected chi connectivity index (χ2v) is 3.34. The largest absolute Gasteiger partial charge is 0.492 e. The molecule has 2 fully saturated rings. The molecule has 2 aliphatic rings. The molecule has 2 aliphatic heterocycles. The molecule has 2 heterocycles. The number of hydrogen-bond acceptors (Lipinski definition) is 3. The fourth-order valence-corrected chi connectivity index (χ4v) is 1.40. The summed E-state index contributed by atoms with van der Waals surface area (Å²) in [4.78, 5) is 0. The first kappa shape index (κ1) is 10.7. The van der Waals surface area contributed by atoms with Gasteiger partial charge in [0, 0.05) is 6.08 Å². The second kappa shape index (κ2) is 4.77. The third-order valence-electron chi connectivity index (χ3n) is 2.21. The van der Waals surface area contributed by atoms with E-state index in [0.29, 0.717) is 5.76 Å².